The molecule has 0 atom stereocenters. The highest BCUT2D eigenvalue weighted by molar-refractivity contribution is 7.90. The lowest BCUT2D eigenvalue weighted by Crippen LogP contribution is -1.95. The van der Waals surface area contributed by atoms with E-state index >= 15 is 0 Å². The second-order valence-corrected chi connectivity index (χ2v) is 5.18. The molecular weight excluding hydrogens is 224 g/mol. The number of hydrogen-bond donors (Lipinski definition) is 0. The van der Waals surface area contributed by atoms with Crippen molar-refractivity contribution in [3.63, 3.8) is 0 Å². The van der Waals surface area contributed by atoms with Gasteiger partial charge in [0.25, 0.3) is 0 Å². The van der Waals surface area contributed by atoms with Crippen molar-refractivity contribution in [2.75, 3.05) is 6.26 Å². The van der Waals surface area contributed by atoms with Crippen LogP contribution in [-0.2, 0) is 9.84 Å². The molecule has 1 aromatic carbocycles. The highest BCUT2D eigenvalue weighted by atomic mass is 32.2. The van der Waals surface area contributed by atoms with Gasteiger partial charge in [-0.25, -0.2) is 8.42 Å². The molecule has 0 radical (unpaired) electrons. The van der Waals surface area contributed by atoms with E-state index in [1.54, 1.807) is 0 Å². The Hall–Kier alpha value is -1.14. The molecule has 0 spiro atoms. The first kappa shape index (κ1) is 9.42. The van der Waals surface area contributed by atoms with Crippen LogP contribution in [0.2, 0.25) is 0 Å². The smallest absolute Gasteiger partial charge is 0.363 e. The van der Waals surface area contributed by atoms with Gasteiger partial charge >= 0.3 is 4.90 Å². The van der Waals surface area contributed by atoms with E-state index in [0.29, 0.717) is 11.2 Å². The molecule has 1 aromatic heterocycles. The highest BCUT2D eigenvalue weighted by Crippen LogP contribution is 2.20. The minimum absolute atomic E-state index is 0.00866. The van der Waals surface area contributed by atoms with Gasteiger partial charge in [-0.2, -0.15) is 0 Å². The topological polar surface area (TPSA) is 60.4 Å². The quantitative estimate of drug-likeness (QED) is 0.702. The number of hydrogen-bond acceptors (Lipinski definition) is 5. The lowest BCUT2D eigenvalue weighted by Gasteiger charge is -1.94. The fourth-order valence-electron chi connectivity index (χ4n) is 1.08. The molecular formula is C8H6O4S2. The Labute approximate surface area is 85.1 Å². The first-order chi connectivity index (χ1) is 6.47. The summed E-state index contributed by atoms with van der Waals surface area (Å²) in [4.78, 5) is 0.176. The Morgan fingerprint density at radius 3 is 2.50 bits per heavy atom. The molecule has 0 aliphatic heterocycles. The van der Waals surface area contributed by atoms with E-state index in [2.05, 4.69) is 12.2 Å². The number of sulfone groups is 1. The number of fused-ring (bicyclic) bond motifs is 1. The van der Waals surface area contributed by atoms with Crippen molar-refractivity contribution in [3.8, 4) is 0 Å². The van der Waals surface area contributed by atoms with Crippen LogP contribution in [0, 0.1) is 4.90 Å². The highest BCUT2D eigenvalue weighted by Gasteiger charge is 2.10. The van der Waals surface area contributed by atoms with E-state index in [9.17, 15) is 8.42 Å². The Balaban J connectivity index is 2.80. The van der Waals surface area contributed by atoms with E-state index < -0.39 is 9.84 Å². The predicted octanol–water partition coefficient (Wildman–Crippen LogP) is 2.16. The lowest BCUT2D eigenvalue weighted by molar-refractivity contribution is 0.443. The maximum absolute atomic E-state index is 11.2. The van der Waals surface area contributed by atoms with Crippen molar-refractivity contribution >= 4 is 33.2 Å². The summed E-state index contributed by atoms with van der Waals surface area (Å²) in [6.45, 7) is 0. The molecule has 0 unspecified atom stereocenters. The van der Waals surface area contributed by atoms with Crippen molar-refractivity contribution in [1.82, 2.24) is 0 Å². The van der Waals surface area contributed by atoms with Gasteiger partial charge in [-0.3, -0.25) is 0 Å². The molecule has 0 saturated heterocycles. The van der Waals surface area contributed by atoms with Gasteiger partial charge in [-0.1, -0.05) is 0 Å². The summed E-state index contributed by atoms with van der Waals surface area (Å²) < 4.78 is 32.3. The summed E-state index contributed by atoms with van der Waals surface area (Å²) in [5, 5.41) is 0. The summed E-state index contributed by atoms with van der Waals surface area (Å²) in [7, 11) is -3.22. The molecule has 0 bridgehead atoms. The zero-order valence-corrected chi connectivity index (χ0v) is 8.81. The molecule has 0 N–H and O–H groups in total. The Morgan fingerprint density at radius 1 is 1.21 bits per heavy atom. The SMILES string of the molecule is CS(=O)(=O)c1ccc2oc(=S)oc2c1. The molecule has 2 aromatic rings. The van der Waals surface area contributed by atoms with Gasteiger partial charge < -0.3 is 8.83 Å². The molecule has 2 rings (SSSR count). The summed E-state index contributed by atoms with van der Waals surface area (Å²) in [6, 6.07) is 4.36. The second kappa shape index (κ2) is 2.93. The standard InChI is InChI=1S/C8H6O4S2/c1-14(9,10)5-2-3-6-7(4-5)12-8(13)11-6/h2-4H,1H3. The summed E-state index contributed by atoms with van der Waals surface area (Å²) in [5.74, 6) is 0. The molecule has 74 valence electrons. The van der Waals surface area contributed by atoms with Gasteiger partial charge in [0.05, 0.1) is 4.90 Å². The maximum atomic E-state index is 11.2. The van der Waals surface area contributed by atoms with Crippen molar-refractivity contribution in [1.29, 1.82) is 0 Å². The van der Waals surface area contributed by atoms with Crippen molar-refractivity contribution < 1.29 is 17.3 Å². The molecule has 0 aliphatic rings. The molecule has 0 amide bonds. The van der Waals surface area contributed by atoms with Crippen molar-refractivity contribution in [3.05, 3.63) is 23.1 Å². The van der Waals surface area contributed by atoms with Crippen molar-refractivity contribution in [2.45, 2.75) is 4.90 Å². The van der Waals surface area contributed by atoms with E-state index in [0.717, 1.165) is 6.26 Å². The minimum Gasteiger partial charge on any atom is -0.413 e. The van der Waals surface area contributed by atoms with Gasteiger partial charge in [0, 0.05) is 24.5 Å². The minimum atomic E-state index is -3.22. The third-order valence-electron chi connectivity index (χ3n) is 1.73. The van der Waals surface area contributed by atoms with Crippen LogP contribution >= 0.6 is 12.2 Å². The Bertz CT molecular complexity index is 633. The molecule has 1 heterocycles. The Kier molecular flexibility index (Phi) is 1.97. The molecule has 0 fully saturated rings. The normalized spacial score (nSPS) is 12.1. The van der Waals surface area contributed by atoms with E-state index in [1.165, 1.54) is 18.2 Å². The summed E-state index contributed by atoms with van der Waals surface area (Å²) in [5.41, 5.74) is 0.792. The summed E-state index contributed by atoms with van der Waals surface area (Å²) >= 11 is 4.67. The van der Waals surface area contributed by atoms with Crippen LogP contribution in [0.4, 0.5) is 0 Å². The van der Waals surface area contributed by atoms with Crippen LogP contribution < -0.4 is 0 Å². The van der Waals surface area contributed by atoms with E-state index in [-0.39, 0.29) is 9.80 Å². The van der Waals surface area contributed by atoms with E-state index in [1.807, 2.05) is 0 Å². The largest absolute Gasteiger partial charge is 0.413 e. The predicted molar refractivity (Wildman–Crippen MR) is 52.4 cm³/mol. The number of benzene rings is 1. The fourth-order valence-corrected chi connectivity index (χ4v) is 1.90. The van der Waals surface area contributed by atoms with Crippen LogP contribution in [0.3, 0.4) is 0 Å². The summed E-state index contributed by atoms with van der Waals surface area (Å²) in [6.07, 6.45) is 1.13. The first-order valence-electron chi connectivity index (χ1n) is 3.70. The van der Waals surface area contributed by atoms with Gasteiger partial charge in [-0.15, -0.1) is 0 Å². The molecule has 0 saturated carbocycles. The fraction of sp³-hybridized carbons (Fsp3) is 0.125. The van der Waals surface area contributed by atoms with Gasteiger partial charge in [0.15, 0.2) is 21.0 Å². The first-order valence-corrected chi connectivity index (χ1v) is 6.00. The molecule has 14 heavy (non-hydrogen) atoms. The molecule has 6 heteroatoms. The van der Waals surface area contributed by atoms with Crippen LogP contribution in [-0.4, -0.2) is 14.7 Å². The van der Waals surface area contributed by atoms with Crippen LogP contribution in [0.25, 0.3) is 11.2 Å². The van der Waals surface area contributed by atoms with Gasteiger partial charge in [0.2, 0.25) is 0 Å². The third-order valence-corrected chi connectivity index (χ3v) is 3.01. The van der Waals surface area contributed by atoms with Crippen molar-refractivity contribution in [2.24, 2.45) is 0 Å². The lowest BCUT2D eigenvalue weighted by atomic mass is 10.3. The third kappa shape index (κ3) is 1.58. The molecule has 4 nitrogen and oxygen atoms in total. The number of rotatable bonds is 1. The van der Waals surface area contributed by atoms with Gasteiger partial charge in [-0.05, 0) is 12.1 Å². The van der Waals surface area contributed by atoms with Crippen LogP contribution in [0.5, 0.6) is 0 Å². The van der Waals surface area contributed by atoms with E-state index in [4.69, 9.17) is 8.83 Å². The zero-order valence-electron chi connectivity index (χ0n) is 7.18. The zero-order chi connectivity index (χ0) is 10.3. The second-order valence-electron chi connectivity index (χ2n) is 2.83. The molecule has 0 aliphatic carbocycles. The average molecular weight is 230 g/mol. The maximum Gasteiger partial charge on any atom is 0.363 e. The monoisotopic (exact) mass is 230 g/mol. The van der Waals surface area contributed by atoms with Crippen LogP contribution in [0.15, 0.2) is 31.9 Å². The average Bonchev–Trinajstić information content (AvgIpc) is 2.41. The van der Waals surface area contributed by atoms with Gasteiger partial charge in [0.1, 0.15) is 0 Å². The Morgan fingerprint density at radius 2 is 1.86 bits per heavy atom. The van der Waals surface area contributed by atoms with Crippen LogP contribution in [0.1, 0.15) is 0 Å².